The fourth-order valence-electron chi connectivity index (χ4n) is 1.93. The molecule has 1 heterocycles. The molecule has 1 aromatic heterocycles. The summed E-state index contributed by atoms with van der Waals surface area (Å²) >= 11 is 0. The maximum atomic E-state index is 13.4. The first-order chi connectivity index (χ1) is 9.18. The van der Waals surface area contributed by atoms with Gasteiger partial charge in [-0.3, -0.25) is 0 Å². The highest BCUT2D eigenvalue weighted by molar-refractivity contribution is 5.19. The molecule has 0 fully saturated rings. The summed E-state index contributed by atoms with van der Waals surface area (Å²) in [5, 5.41) is 13.0. The van der Waals surface area contributed by atoms with Crippen LogP contribution in [0, 0.1) is 5.82 Å². The minimum absolute atomic E-state index is 0.325. The van der Waals surface area contributed by atoms with Gasteiger partial charge in [-0.05, 0) is 6.07 Å². The zero-order valence-corrected chi connectivity index (χ0v) is 10.9. The van der Waals surface area contributed by atoms with Crippen LogP contribution in [0.15, 0.2) is 36.7 Å². The van der Waals surface area contributed by atoms with E-state index in [1.807, 2.05) is 17.8 Å². The molecule has 4 nitrogen and oxygen atoms in total. The van der Waals surface area contributed by atoms with Crippen LogP contribution in [0.5, 0.6) is 0 Å². The fraction of sp³-hybridized carbons (Fsp3) is 0.357. The number of rotatable bonds is 6. The molecule has 0 bridgehead atoms. The average molecular weight is 263 g/mol. The monoisotopic (exact) mass is 263 g/mol. The van der Waals surface area contributed by atoms with E-state index in [9.17, 15) is 9.50 Å². The van der Waals surface area contributed by atoms with Gasteiger partial charge in [0, 0.05) is 44.5 Å². The quantitative estimate of drug-likeness (QED) is 0.775. The van der Waals surface area contributed by atoms with Crippen LogP contribution in [-0.2, 0) is 13.5 Å². The lowest BCUT2D eigenvalue weighted by atomic mass is 10.1. The van der Waals surface area contributed by atoms with Crippen LogP contribution in [0.1, 0.15) is 17.5 Å². The van der Waals surface area contributed by atoms with E-state index >= 15 is 0 Å². The summed E-state index contributed by atoms with van der Waals surface area (Å²) in [5.41, 5.74) is 0.326. The fourth-order valence-corrected chi connectivity index (χ4v) is 1.93. The molecule has 0 spiro atoms. The van der Waals surface area contributed by atoms with E-state index in [4.69, 9.17) is 0 Å². The van der Waals surface area contributed by atoms with E-state index in [0.29, 0.717) is 18.7 Å². The largest absolute Gasteiger partial charge is 0.387 e. The molecule has 2 rings (SSSR count). The molecule has 5 heteroatoms. The number of halogens is 1. The third-order valence-corrected chi connectivity index (χ3v) is 3.05. The number of nitrogens with one attached hydrogen (secondary N) is 1. The Hall–Kier alpha value is -1.72. The minimum Gasteiger partial charge on any atom is -0.387 e. The number of imidazole rings is 1. The Labute approximate surface area is 111 Å². The van der Waals surface area contributed by atoms with Crippen LogP contribution in [0.2, 0.25) is 0 Å². The van der Waals surface area contributed by atoms with Crippen LogP contribution in [0.25, 0.3) is 0 Å². The van der Waals surface area contributed by atoms with Crippen LogP contribution in [-0.4, -0.2) is 27.7 Å². The highest BCUT2D eigenvalue weighted by Crippen LogP contribution is 2.15. The maximum Gasteiger partial charge on any atom is 0.129 e. The van der Waals surface area contributed by atoms with E-state index in [2.05, 4.69) is 10.3 Å². The molecular formula is C14H18FN3O. The summed E-state index contributed by atoms with van der Waals surface area (Å²) in [6.45, 7) is 1.02. The maximum absolute atomic E-state index is 13.4. The second-order valence-electron chi connectivity index (χ2n) is 4.45. The van der Waals surface area contributed by atoms with Crippen LogP contribution >= 0.6 is 0 Å². The molecule has 0 aliphatic rings. The summed E-state index contributed by atoms with van der Waals surface area (Å²) < 4.78 is 15.4. The normalized spacial score (nSPS) is 12.6. The van der Waals surface area contributed by atoms with Gasteiger partial charge in [0.25, 0.3) is 0 Å². The minimum atomic E-state index is -0.831. The standard InChI is InChI=1S/C14H18FN3O/c1-18-9-8-17-14(18)6-7-16-10-13(19)11-4-2-3-5-12(11)15/h2-5,8-9,13,16,19H,6-7,10H2,1H3. The summed E-state index contributed by atoms with van der Waals surface area (Å²) in [7, 11) is 1.94. The first-order valence-electron chi connectivity index (χ1n) is 6.28. The Kier molecular flexibility index (Phi) is 4.65. The Balaban J connectivity index is 1.77. The van der Waals surface area contributed by atoms with Crippen molar-refractivity contribution >= 4 is 0 Å². The molecule has 0 amide bonds. The highest BCUT2D eigenvalue weighted by Gasteiger charge is 2.11. The van der Waals surface area contributed by atoms with Crippen molar-refractivity contribution < 1.29 is 9.50 Å². The Morgan fingerprint density at radius 3 is 2.89 bits per heavy atom. The lowest BCUT2D eigenvalue weighted by Crippen LogP contribution is -2.25. The highest BCUT2D eigenvalue weighted by atomic mass is 19.1. The van der Waals surface area contributed by atoms with Gasteiger partial charge >= 0.3 is 0 Å². The van der Waals surface area contributed by atoms with Crippen molar-refractivity contribution in [2.45, 2.75) is 12.5 Å². The number of hydrogen-bond acceptors (Lipinski definition) is 3. The van der Waals surface area contributed by atoms with Crippen molar-refractivity contribution in [2.75, 3.05) is 13.1 Å². The Bertz CT molecular complexity index is 527. The molecule has 2 aromatic rings. The number of benzene rings is 1. The smallest absolute Gasteiger partial charge is 0.129 e. The van der Waals surface area contributed by atoms with E-state index in [1.54, 1.807) is 24.4 Å². The van der Waals surface area contributed by atoms with E-state index in [-0.39, 0.29) is 5.82 Å². The summed E-state index contributed by atoms with van der Waals surface area (Å²) in [5.74, 6) is 0.605. The van der Waals surface area contributed by atoms with Crippen molar-refractivity contribution in [2.24, 2.45) is 7.05 Å². The third-order valence-electron chi connectivity index (χ3n) is 3.05. The number of hydrogen-bond donors (Lipinski definition) is 2. The molecule has 0 saturated heterocycles. The van der Waals surface area contributed by atoms with Crippen molar-refractivity contribution in [3.8, 4) is 0 Å². The van der Waals surface area contributed by atoms with Gasteiger partial charge < -0.3 is 15.0 Å². The topological polar surface area (TPSA) is 50.1 Å². The summed E-state index contributed by atoms with van der Waals surface area (Å²) in [6.07, 6.45) is 3.59. The lowest BCUT2D eigenvalue weighted by Gasteiger charge is -2.12. The molecule has 1 atom stereocenters. The molecule has 1 unspecified atom stereocenters. The summed E-state index contributed by atoms with van der Waals surface area (Å²) in [4.78, 5) is 4.21. The number of aliphatic hydroxyl groups excluding tert-OH is 1. The molecule has 1 aromatic carbocycles. The SMILES string of the molecule is Cn1ccnc1CCNCC(O)c1ccccc1F. The molecule has 0 saturated carbocycles. The predicted octanol–water partition coefficient (Wildman–Crippen LogP) is 1.42. The van der Waals surface area contributed by atoms with Gasteiger partial charge in [-0.1, -0.05) is 18.2 Å². The predicted molar refractivity (Wildman–Crippen MR) is 71.1 cm³/mol. The van der Waals surface area contributed by atoms with Crippen LogP contribution in [0.3, 0.4) is 0 Å². The van der Waals surface area contributed by atoms with Gasteiger partial charge in [-0.25, -0.2) is 9.37 Å². The number of aliphatic hydroxyl groups is 1. The molecule has 0 aliphatic carbocycles. The Morgan fingerprint density at radius 1 is 1.42 bits per heavy atom. The van der Waals surface area contributed by atoms with E-state index in [0.717, 1.165) is 12.2 Å². The third kappa shape index (κ3) is 3.62. The van der Waals surface area contributed by atoms with Crippen LogP contribution in [0.4, 0.5) is 4.39 Å². The average Bonchev–Trinajstić information content (AvgIpc) is 2.80. The van der Waals surface area contributed by atoms with Gasteiger partial charge in [-0.2, -0.15) is 0 Å². The van der Waals surface area contributed by atoms with Gasteiger partial charge in [0.15, 0.2) is 0 Å². The first kappa shape index (κ1) is 13.7. The van der Waals surface area contributed by atoms with Crippen LogP contribution < -0.4 is 5.32 Å². The second kappa shape index (κ2) is 6.45. The molecule has 102 valence electrons. The van der Waals surface area contributed by atoms with Crippen molar-refractivity contribution in [3.05, 3.63) is 53.9 Å². The lowest BCUT2D eigenvalue weighted by molar-refractivity contribution is 0.170. The van der Waals surface area contributed by atoms with Gasteiger partial charge in [-0.15, -0.1) is 0 Å². The molecule has 19 heavy (non-hydrogen) atoms. The molecule has 2 N–H and O–H groups in total. The Morgan fingerprint density at radius 2 is 2.21 bits per heavy atom. The summed E-state index contributed by atoms with van der Waals surface area (Å²) in [6, 6.07) is 6.28. The molecular weight excluding hydrogens is 245 g/mol. The number of aryl methyl sites for hydroxylation is 1. The van der Waals surface area contributed by atoms with Gasteiger partial charge in [0.2, 0.25) is 0 Å². The number of nitrogens with zero attached hydrogens (tertiary/aromatic N) is 2. The second-order valence-corrected chi connectivity index (χ2v) is 4.45. The van der Waals surface area contributed by atoms with Crippen molar-refractivity contribution in [1.82, 2.24) is 14.9 Å². The van der Waals surface area contributed by atoms with E-state index < -0.39 is 6.10 Å². The zero-order chi connectivity index (χ0) is 13.7. The van der Waals surface area contributed by atoms with Crippen molar-refractivity contribution in [3.63, 3.8) is 0 Å². The number of aromatic nitrogens is 2. The van der Waals surface area contributed by atoms with Gasteiger partial charge in [0.1, 0.15) is 11.6 Å². The first-order valence-corrected chi connectivity index (χ1v) is 6.28. The van der Waals surface area contributed by atoms with Gasteiger partial charge in [0.05, 0.1) is 6.10 Å². The molecule has 0 aliphatic heterocycles. The van der Waals surface area contributed by atoms with E-state index in [1.165, 1.54) is 6.07 Å². The van der Waals surface area contributed by atoms with Crippen molar-refractivity contribution in [1.29, 1.82) is 0 Å². The molecule has 0 radical (unpaired) electrons. The zero-order valence-electron chi connectivity index (χ0n) is 10.9.